The van der Waals surface area contributed by atoms with Crippen LogP contribution in [-0.4, -0.2) is 191 Å². The molecule has 4 aliphatic rings. The van der Waals surface area contributed by atoms with Crippen LogP contribution in [0.15, 0.2) is 24.3 Å². The van der Waals surface area contributed by atoms with Crippen LogP contribution in [0.25, 0.3) is 0 Å². The number of hydrogen-bond donors (Lipinski definition) is 3. The zero-order chi connectivity index (χ0) is 69.1. The third-order valence-corrected chi connectivity index (χ3v) is 16.0. The molecule has 0 bridgehead atoms. The second-order valence-corrected chi connectivity index (χ2v) is 27.2. The van der Waals surface area contributed by atoms with Gasteiger partial charge in [-0.3, -0.25) is 28.8 Å². The summed E-state index contributed by atoms with van der Waals surface area (Å²) in [5.74, 6) is -1.38. The predicted octanol–water partition coefficient (Wildman–Crippen LogP) is 8.98. The molecule has 3 N–H and O–H groups in total. The number of nitrogens with zero attached hydrogens (tertiary/aromatic N) is 6. The van der Waals surface area contributed by atoms with Gasteiger partial charge in [0, 0.05) is 95.3 Å². The fraction of sp³-hybridized carbons (Fsp3) is 0.667. The molecule has 26 heteroatoms. The number of anilines is 2. The fourth-order valence-electron chi connectivity index (χ4n) is 11.4. The van der Waals surface area contributed by atoms with E-state index in [0.29, 0.717) is 84.9 Å². The summed E-state index contributed by atoms with van der Waals surface area (Å²) < 4.78 is 33.5. The second-order valence-electron chi connectivity index (χ2n) is 26.6. The number of likely N-dealkylation sites (tertiary alicyclic amines) is 2. The van der Waals surface area contributed by atoms with Gasteiger partial charge in [0.25, 0.3) is 23.6 Å². The van der Waals surface area contributed by atoms with Gasteiger partial charge in [0.15, 0.2) is 16.8 Å². The maximum Gasteiger partial charge on any atom is 0.412 e. The van der Waals surface area contributed by atoms with E-state index in [2.05, 4.69) is 16.0 Å². The number of alkyl carbamates (subject to hydrolysis) is 1. The largest absolute Gasteiger partial charge is 0.476 e. The van der Waals surface area contributed by atoms with E-state index in [1.165, 1.54) is 11.8 Å². The van der Waals surface area contributed by atoms with Crippen molar-refractivity contribution >= 4 is 82.7 Å². The topological polar surface area (TPSA) is 282 Å². The molecular weight excluding hydrogens is 1210 g/mol. The van der Waals surface area contributed by atoms with E-state index >= 15 is 0 Å². The van der Waals surface area contributed by atoms with E-state index in [9.17, 15) is 47.9 Å². The van der Waals surface area contributed by atoms with Crippen molar-refractivity contribution in [3.05, 3.63) is 46.5 Å². The number of fused-ring (bicyclic) bond motifs is 2. The molecule has 2 unspecified atom stereocenters. The monoisotopic (exact) mass is 1310 g/mol. The van der Waals surface area contributed by atoms with Crippen LogP contribution in [0.4, 0.5) is 25.8 Å². The summed E-state index contributed by atoms with van der Waals surface area (Å²) in [4.78, 5) is 140. The third kappa shape index (κ3) is 19.5. The van der Waals surface area contributed by atoms with Crippen molar-refractivity contribution in [3.8, 4) is 11.5 Å². The Morgan fingerprint density at radius 1 is 0.641 bits per heavy atom. The Labute approximate surface area is 547 Å². The third-order valence-electron chi connectivity index (χ3n) is 15.9. The van der Waals surface area contributed by atoms with Gasteiger partial charge in [0.1, 0.15) is 23.1 Å². The Hall–Kier alpha value is -7.57. The molecule has 6 rings (SSSR count). The van der Waals surface area contributed by atoms with Gasteiger partial charge < -0.3 is 73.8 Å². The first kappa shape index (κ1) is 75.2. The van der Waals surface area contributed by atoms with Crippen LogP contribution in [0.1, 0.15) is 188 Å². The number of hydrogen-bond acceptors (Lipinski definition) is 16. The average molecular weight is 1310 g/mol. The molecule has 0 saturated carbocycles. The van der Waals surface area contributed by atoms with Crippen LogP contribution in [0, 0.1) is 19.8 Å². The normalized spacial score (nSPS) is 18.5. The van der Waals surface area contributed by atoms with E-state index in [-0.39, 0.29) is 98.3 Å². The first-order valence-electron chi connectivity index (χ1n) is 32.1. The van der Waals surface area contributed by atoms with E-state index in [1.54, 1.807) is 132 Å². The van der Waals surface area contributed by atoms with Crippen LogP contribution in [-0.2, 0) is 42.9 Å². The number of piperidine rings is 2. The molecule has 2 aromatic carbocycles. The lowest BCUT2D eigenvalue weighted by Gasteiger charge is -2.42. The molecule has 2 fully saturated rings. The summed E-state index contributed by atoms with van der Waals surface area (Å²) in [6.45, 7) is 35.6. The summed E-state index contributed by atoms with van der Waals surface area (Å²) in [5, 5.41) is 8.14. The van der Waals surface area contributed by atoms with Crippen molar-refractivity contribution < 1.29 is 76.4 Å². The highest BCUT2D eigenvalue weighted by Crippen LogP contribution is 2.42. The van der Waals surface area contributed by atoms with Gasteiger partial charge in [-0.15, -0.1) is 0 Å². The highest BCUT2D eigenvalue weighted by atomic mass is 35.5. The van der Waals surface area contributed by atoms with Gasteiger partial charge >= 0.3 is 24.2 Å². The van der Waals surface area contributed by atoms with Crippen molar-refractivity contribution in [2.24, 2.45) is 5.92 Å². The van der Waals surface area contributed by atoms with E-state index in [0.717, 1.165) is 18.4 Å². The molecular formula is C66H100ClN9O16. The van der Waals surface area contributed by atoms with E-state index in [4.69, 9.17) is 40.0 Å². The molecule has 0 spiro atoms. The van der Waals surface area contributed by atoms with Crippen molar-refractivity contribution in [3.63, 3.8) is 0 Å². The highest BCUT2D eigenvalue weighted by molar-refractivity contribution is 6.20. The minimum absolute atomic E-state index is 0.103. The minimum Gasteiger partial charge on any atom is -0.476 e. The molecule has 92 heavy (non-hydrogen) atoms. The van der Waals surface area contributed by atoms with Crippen LogP contribution in [0.2, 0.25) is 0 Å². The number of alkyl halides is 1. The summed E-state index contributed by atoms with van der Waals surface area (Å²) in [7, 11) is 0. The molecule has 0 aliphatic carbocycles. The Morgan fingerprint density at radius 2 is 1.04 bits per heavy atom. The van der Waals surface area contributed by atoms with Gasteiger partial charge in [0.05, 0.1) is 23.5 Å². The molecule has 512 valence electrons. The van der Waals surface area contributed by atoms with Gasteiger partial charge in [-0.1, -0.05) is 39.3 Å². The summed E-state index contributed by atoms with van der Waals surface area (Å²) in [6, 6.07) is 4.93. The first-order valence-corrected chi connectivity index (χ1v) is 32.5. The van der Waals surface area contributed by atoms with Gasteiger partial charge in [0.2, 0.25) is 18.1 Å². The number of benzene rings is 2. The quantitative estimate of drug-likeness (QED) is 0.0482. The number of carbonyl (C=O) groups is 10. The maximum atomic E-state index is 14.4. The summed E-state index contributed by atoms with van der Waals surface area (Å²) in [6.07, 6.45) is 0.137. The lowest BCUT2D eigenvalue weighted by Crippen LogP contribution is -2.55. The fourth-order valence-corrected chi connectivity index (χ4v) is 11.5. The van der Waals surface area contributed by atoms with Crippen molar-refractivity contribution in [1.29, 1.82) is 0 Å². The maximum absolute atomic E-state index is 14.4. The molecule has 25 nitrogen and oxygen atoms in total. The molecule has 5 atom stereocenters. The Morgan fingerprint density at radius 3 is 1.40 bits per heavy atom. The molecule has 0 radical (unpaired) electrons. The number of aryl methyl sites for hydroxylation is 2. The molecule has 4 aliphatic heterocycles. The smallest absolute Gasteiger partial charge is 0.412 e. The number of rotatable bonds is 20. The molecule has 2 saturated heterocycles. The van der Waals surface area contributed by atoms with E-state index < -0.39 is 58.9 Å². The van der Waals surface area contributed by atoms with Crippen LogP contribution < -0.4 is 35.2 Å². The SMILES string of the molecule is CCC(=O)NCCN1C(=O)C(C)(C)Oc2cc(C)c(C(=O)N(C(C)C)[C@@H]3CCCN(C(=O)OC(C)Cl)C3)cc21.CCC(=O)NCCN1C(=O)C(C)(C)Oc2cc(C)c(C(=O)N(C(C)C)[C@@H]3CCCN(C(=O)OC(C)OC(=O)[C@@H](NC(=O)OC(C)(C)C)C(C)C)C3)cc21. The van der Waals surface area contributed by atoms with Crippen molar-refractivity contribution in [2.75, 3.05) is 62.2 Å². The van der Waals surface area contributed by atoms with Crippen LogP contribution in [0.5, 0.6) is 11.5 Å². The second kappa shape index (κ2) is 31.8. The lowest BCUT2D eigenvalue weighted by atomic mass is 9.97. The molecule has 4 heterocycles. The Bertz CT molecular complexity index is 3030. The minimum atomic E-state index is -1.26. The highest BCUT2D eigenvalue weighted by Gasteiger charge is 2.45. The zero-order valence-corrected chi connectivity index (χ0v) is 58.2. The van der Waals surface area contributed by atoms with Gasteiger partial charge in [-0.25, -0.2) is 19.2 Å². The van der Waals surface area contributed by atoms with Crippen molar-refractivity contribution in [1.82, 2.24) is 35.6 Å². The Balaban J connectivity index is 0.000000349. The molecule has 0 aromatic heterocycles. The zero-order valence-electron chi connectivity index (χ0n) is 57.4. The average Bonchev–Trinajstić information content (AvgIpc) is 0.773. The standard InChI is InChI=1S/C38H59N5O10.C28H41ClN4O6/c1-13-30(44)39-16-18-42-28-20-27(24(6)19-29(28)52-38(11,12)34(42)47)32(45)43(23(4)5)26-15-14-17-41(21-26)36(49)51-25(7)50-33(46)31(22(2)3)40-35(48)53-37(8,9)10;1-8-24(34)30-11-13-32-22-15-21(18(4)14-23(22)39-28(6,7)26(32)36)25(35)33(17(2)3)20-10-9-12-31(16-20)27(37)38-19(5)29/h19-20,22-23,25-26,31H,13-18,21H2,1-12H3,(H,39,44)(H,40,48);14-15,17,19-20H,8-13,16H2,1-7H3,(H,30,34)/t25?,26-,31+;19?,20-/m11/s1. The predicted molar refractivity (Wildman–Crippen MR) is 347 cm³/mol. The van der Waals surface area contributed by atoms with Gasteiger partial charge in [-0.2, -0.15) is 0 Å². The number of carbonyl (C=O) groups excluding carboxylic acids is 10. The number of esters is 1. The summed E-state index contributed by atoms with van der Waals surface area (Å²) >= 11 is 5.85. The van der Waals surface area contributed by atoms with Crippen molar-refractivity contribution in [2.45, 2.75) is 229 Å². The van der Waals surface area contributed by atoms with Crippen LogP contribution in [0.3, 0.4) is 0 Å². The Kier molecular flexibility index (Phi) is 26.0. The molecule has 9 amide bonds. The number of amides is 9. The summed E-state index contributed by atoms with van der Waals surface area (Å²) in [5.41, 5.74) is -0.591. The lowest BCUT2D eigenvalue weighted by molar-refractivity contribution is -0.170. The number of halogens is 1. The van der Waals surface area contributed by atoms with Crippen LogP contribution >= 0.6 is 11.6 Å². The first-order chi connectivity index (χ1) is 42.8. The number of nitrogens with one attached hydrogen (secondary N) is 3. The van der Waals surface area contributed by atoms with Gasteiger partial charge in [-0.05, 0) is 164 Å². The number of ether oxygens (including phenoxy) is 6. The van der Waals surface area contributed by atoms with E-state index in [1.807, 2.05) is 41.5 Å². The molecule has 2 aromatic rings.